The minimum Gasteiger partial charge on any atom is -0.489 e. The van der Waals surface area contributed by atoms with Crippen LogP contribution in [0.25, 0.3) is 0 Å². The second kappa shape index (κ2) is 7.11. The fourth-order valence-electron chi connectivity index (χ4n) is 3.29. The summed E-state index contributed by atoms with van der Waals surface area (Å²) >= 11 is 0. The number of benzene rings is 2. The number of carboxylic acid groups (broad SMARTS) is 1. The van der Waals surface area contributed by atoms with Gasteiger partial charge < -0.3 is 20.3 Å². The Labute approximate surface area is 145 Å². The lowest BCUT2D eigenvalue weighted by molar-refractivity contribution is 0.184. The standard InChI is InChI=1S/C19H20FNO4/c20-15-6-7-17(25-12-13-4-2-1-3-5-13)16(10-15)19(21-18(23)24)11-14(19)8-9-22/h1-7,10,14,21-22H,8-9,11-12H2,(H,23,24). The Hall–Kier alpha value is -2.60. The molecule has 2 aromatic carbocycles. The fraction of sp³-hybridized carbons (Fsp3) is 0.316. The quantitative estimate of drug-likeness (QED) is 0.720. The van der Waals surface area contributed by atoms with E-state index < -0.39 is 17.4 Å². The molecule has 0 saturated heterocycles. The molecule has 0 aromatic heterocycles. The molecule has 1 aliphatic carbocycles. The summed E-state index contributed by atoms with van der Waals surface area (Å²) in [5.74, 6) is -0.0998. The Balaban J connectivity index is 1.88. The third-order valence-electron chi connectivity index (χ3n) is 4.57. The van der Waals surface area contributed by atoms with Crippen LogP contribution in [0.2, 0.25) is 0 Å². The monoisotopic (exact) mass is 345 g/mol. The van der Waals surface area contributed by atoms with Crippen molar-refractivity contribution in [3.63, 3.8) is 0 Å². The molecule has 0 bridgehead atoms. The number of amides is 1. The average Bonchev–Trinajstić information content (AvgIpc) is 3.27. The summed E-state index contributed by atoms with van der Waals surface area (Å²) in [6.45, 7) is 0.247. The number of hydrogen-bond acceptors (Lipinski definition) is 3. The molecule has 1 saturated carbocycles. The van der Waals surface area contributed by atoms with Gasteiger partial charge in [-0.25, -0.2) is 9.18 Å². The molecule has 0 heterocycles. The van der Waals surface area contributed by atoms with Crippen LogP contribution in [0, 0.1) is 11.7 Å². The number of ether oxygens (including phenoxy) is 1. The molecule has 132 valence electrons. The number of halogens is 1. The van der Waals surface area contributed by atoms with Gasteiger partial charge in [0.15, 0.2) is 0 Å². The van der Waals surface area contributed by atoms with Gasteiger partial charge in [-0.15, -0.1) is 0 Å². The van der Waals surface area contributed by atoms with Crippen molar-refractivity contribution in [3.8, 4) is 5.75 Å². The summed E-state index contributed by atoms with van der Waals surface area (Å²) in [4.78, 5) is 11.2. The van der Waals surface area contributed by atoms with Crippen molar-refractivity contribution in [2.75, 3.05) is 6.61 Å². The van der Waals surface area contributed by atoms with Gasteiger partial charge in [-0.05, 0) is 42.5 Å². The number of rotatable bonds is 7. The largest absolute Gasteiger partial charge is 0.489 e. The molecule has 6 heteroatoms. The molecule has 0 aliphatic heterocycles. The predicted octanol–water partition coefficient (Wildman–Crippen LogP) is 3.27. The first-order valence-electron chi connectivity index (χ1n) is 8.14. The summed E-state index contributed by atoms with van der Waals surface area (Å²) in [6.07, 6.45) is -0.237. The molecule has 25 heavy (non-hydrogen) atoms. The van der Waals surface area contributed by atoms with Crippen LogP contribution in [0.1, 0.15) is 24.0 Å². The molecule has 0 spiro atoms. The first kappa shape index (κ1) is 17.2. The van der Waals surface area contributed by atoms with Crippen LogP contribution in [-0.4, -0.2) is 22.9 Å². The molecule has 1 amide bonds. The normalized spacial score (nSPS) is 21.6. The van der Waals surface area contributed by atoms with E-state index in [9.17, 15) is 19.4 Å². The highest BCUT2D eigenvalue weighted by molar-refractivity contribution is 5.68. The fourth-order valence-corrected chi connectivity index (χ4v) is 3.29. The molecule has 3 N–H and O–H groups in total. The van der Waals surface area contributed by atoms with Crippen molar-refractivity contribution in [1.29, 1.82) is 0 Å². The lowest BCUT2D eigenvalue weighted by atomic mass is 9.99. The smallest absolute Gasteiger partial charge is 0.405 e. The summed E-state index contributed by atoms with van der Waals surface area (Å²) in [6, 6.07) is 13.7. The minimum absolute atomic E-state index is 0.0523. The van der Waals surface area contributed by atoms with E-state index in [0.29, 0.717) is 30.8 Å². The van der Waals surface area contributed by atoms with Crippen LogP contribution in [-0.2, 0) is 12.1 Å². The van der Waals surface area contributed by atoms with E-state index in [2.05, 4.69) is 5.32 Å². The highest BCUT2D eigenvalue weighted by Crippen LogP contribution is 2.56. The Kier molecular flexibility index (Phi) is 4.90. The van der Waals surface area contributed by atoms with E-state index in [0.717, 1.165) is 5.56 Å². The van der Waals surface area contributed by atoms with Crippen LogP contribution >= 0.6 is 0 Å². The van der Waals surface area contributed by atoms with E-state index in [1.807, 2.05) is 30.3 Å². The van der Waals surface area contributed by atoms with Crippen molar-refractivity contribution >= 4 is 6.09 Å². The van der Waals surface area contributed by atoms with E-state index in [1.165, 1.54) is 18.2 Å². The number of nitrogens with one attached hydrogen (secondary N) is 1. The zero-order valence-corrected chi connectivity index (χ0v) is 13.6. The van der Waals surface area contributed by atoms with Crippen molar-refractivity contribution in [2.24, 2.45) is 5.92 Å². The topological polar surface area (TPSA) is 78.8 Å². The van der Waals surface area contributed by atoms with E-state index in [-0.39, 0.29) is 12.5 Å². The first-order chi connectivity index (χ1) is 12.0. The van der Waals surface area contributed by atoms with Gasteiger partial charge in [0.25, 0.3) is 0 Å². The van der Waals surface area contributed by atoms with Crippen molar-refractivity contribution in [3.05, 3.63) is 65.5 Å². The zero-order valence-electron chi connectivity index (χ0n) is 13.6. The van der Waals surface area contributed by atoms with E-state index in [4.69, 9.17) is 4.74 Å². The maximum absolute atomic E-state index is 13.8. The Morgan fingerprint density at radius 1 is 1.28 bits per heavy atom. The van der Waals surface area contributed by atoms with Crippen LogP contribution in [0.5, 0.6) is 5.75 Å². The van der Waals surface area contributed by atoms with Crippen LogP contribution in [0.4, 0.5) is 9.18 Å². The maximum Gasteiger partial charge on any atom is 0.405 e. The molecule has 3 rings (SSSR count). The van der Waals surface area contributed by atoms with Gasteiger partial charge in [0.1, 0.15) is 18.2 Å². The zero-order chi connectivity index (χ0) is 17.9. The molecule has 2 aromatic rings. The number of aliphatic hydroxyl groups is 1. The molecular weight excluding hydrogens is 325 g/mol. The summed E-state index contributed by atoms with van der Waals surface area (Å²) < 4.78 is 19.7. The summed E-state index contributed by atoms with van der Waals surface area (Å²) in [5, 5.41) is 20.9. The average molecular weight is 345 g/mol. The molecule has 1 aliphatic rings. The first-order valence-corrected chi connectivity index (χ1v) is 8.14. The summed E-state index contributed by atoms with van der Waals surface area (Å²) in [5.41, 5.74) is 0.521. The lowest BCUT2D eigenvalue weighted by Gasteiger charge is -2.22. The molecular formula is C19H20FNO4. The Morgan fingerprint density at radius 2 is 2.04 bits per heavy atom. The van der Waals surface area contributed by atoms with Gasteiger partial charge in [0.2, 0.25) is 0 Å². The van der Waals surface area contributed by atoms with Crippen molar-refractivity contribution < 1.29 is 24.1 Å². The van der Waals surface area contributed by atoms with Crippen LogP contribution in [0.15, 0.2) is 48.5 Å². The number of aliphatic hydroxyl groups excluding tert-OH is 1. The molecule has 1 fully saturated rings. The molecule has 2 atom stereocenters. The van der Waals surface area contributed by atoms with Gasteiger partial charge >= 0.3 is 6.09 Å². The number of carbonyl (C=O) groups is 1. The second-order valence-electron chi connectivity index (χ2n) is 6.23. The molecule has 0 radical (unpaired) electrons. The van der Waals surface area contributed by atoms with Crippen LogP contribution < -0.4 is 10.1 Å². The summed E-state index contributed by atoms with van der Waals surface area (Å²) in [7, 11) is 0. The predicted molar refractivity (Wildman–Crippen MR) is 89.8 cm³/mol. The van der Waals surface area contributed by atoms with E-state index in [1.54, 1.807) is 0 Å². The SMILES string of the molecule is O=C(O)NC1(c2cc(F)ccc2OCc2ccccc2)CC1CCO. The molecule has 2 unspecified atom stereocenters. The van der Waals surface area contributed by atoms with Gasteiger partial charge in [0.05, 0.1) is 5.54 Å². The maximum atomic E-state index is 13.8. The van der Waals surface area contributed by atoms with Crippen molar-refractivity contribution in [1.82, 2.24) is 5.32 Å². The highest BCUT2D eigenvalue weighted by Gasteiger charge is 2.57. The second-order valence-corrected chi connectivity index (χ2v) is 6.23. The third-order valence-corrected chi connectivity index (χ3v) is 4.57. The minimum atomic E-state index is -1.18. The third kappa shape index (κ3) is 3.74. The van der Waals surface area contributed by atoms with Crippen molar-refractivity contribution in [2.45, 2.75) is 25.0 Å². The lowest BCUT2D eigenvalue weighted by Crippen LogP contribution is -2.36. The molecule has 5 nitrogen and oxygen atoms in total. The van der Waals surface area contributed by atoms with Crippen LogP contribution in [0.3, 0.4) is 0 Å². The van der Waals surface area contributed by atoms with Gasteiger partial charge in [-0.3, -0.25) is 0 Å². The van der Waals surface area contributed by atoms with Gasteiger partial charge in [-0.2, -0.15) is 0 Å². The number of hydrogen-bond donors (Lipinski definition) is 3. The Bertz CT molecular complexity index is 752. The van der Waals surface area contributed by atoms with E-state index >= 15 is 0 Å². The Morgan fingerprint density at radius 3 is 2.72 bits per heavy atom. The van der Waals surface area contributed by atoms with Gasteiger partial charge in [0, 0.05) is 12.2 Å². The highest BCUT2D eigenvalue weighted by atomic mass is 19.1. The van der Waals surface area contributed by atoms with Gasteiger partial charge in [-0.1, -0.05) is 30.3 Å².